The molecule has 0 spiro atoms. The van der Waals surface area contributed by atoms with Gasteiger partial charge in [0.2, 0.25) is 0 Å². The highest BCUT2D eigenvalue weighted by atomic mass is 127. The van der Waals surface area contributed by atoms with Crippen molar-refractivity contribution in [2.24, 2.45) is 4.99 Å². The number of ether oxygens (including phenoxy) is 1. The van der Waals surface area contributed by atoms with Crippen molar-refractivity contribution in [2.75, 3.05) is 13.7 Å². The fraction of sp³-hybridized carbons (Fsp3) is 0.526. The van der Waals surface area contributed by atoms with E-state index in [1.54, 1.807) is 19.2 Å². The van der Waals surface area contributed by atoms with Crippen molar-refractivity contribution in [1.29, 1.82) is 0 Å². The lowest BCUT2D eigenvalue weighted by molar-refractivity contribution is -0.176. The number of aromatic nitrogens is 3. The predicted molar refractivity (Wildman–Crippen MR) is 118 cm³/mol. The van der Waals surface area contributed by atoms with Crippen LogP contribution in [-0.4, -0.2) is 40.6 Å². The Morgan fingerprint density at radius 3 is 2.50 bits per heavy atom. The summed E-state index contributed by atoms with van der Waals surface area (Å²) < 4.78 is 43.1. The van der Waals surface area contributed by atoms with Crippen LogP contribution in [0.15, 0.2) is 29.3 Å². The summed E-state index contributed by atoms with van der Waals surface area (Å²) in [5.41, 5.74) is 1.67. The molecular weight excluding hydrogens is 512 g/mol. The summed E-state index contributed by atoms with van der Waals surface area (Å²) in [6.45, 7) is 0.695. The number of nitrogens with one attached hydrogen (secondary N) is 2. The van der Waals surface area contributed by atoms with Gasteiger partial charge in [-0.2, -0.15) is 13.2 Å². The minimum atomic E-state index is -4.31. The van der Waals surface area contributed by atoms with Crippen LogP contribution in [0, 0.1) is 0 Å². The highest BCUT2D eigenvalue weighted by Gasteiger charge is 2.27. The van der Waals surface area contributed by atoms with Crippen LogP contribution in [-0.2, 0) is 37.4 Å². The normalized spacial score (nSPS) is 14.1. The maximum atomic E-state index is 12.1. The Balaban J connectivity index is 0.00000320. The molecule has 1 aromatic heterocycles. The second-order valence-electron chi connectivity index (χ2n) is 6.84. The molecule has 0 amide bonds. The molecule has 166 valence electrons. The Kier molecular flexibility index (Phi) is 9.34. The van der Waals surface area contributed by atoms with Gasteiger partial charge in [0.1, 0.15) is 12.4 Å². The maximum Gasteiger partial charge on any atom is 0.411 e. The van der Waals surface area contributed by atoms with E-state index in [-0.39, 0.29) is 30.6 Å². The van der Waals surface area contributed by atoms with E-state index in [1.165, 1.54) is 0 Å². The summed E-state index contributed by atoms with van der Waals surface area (Å²) in [5, 5.41) is 14.9. The number of aliphatic imine (C=N–C) groups is 1. The summed E-state index contributed by atoms with van der Waals surface area (Å²) in [6.07, 6.45) is -1.04. The smallest absolute Gasteiger partial charge is 0.367 e. The Morgan fingerprint density at radius 1 is 1.10 bits per heavy atom. The van der Waals surface area contributed by atoms with Crippen molar-refractivity contribution in [3.8, 4) is 0 Å². The molecule has 0 saturated carbocycles. The number of halogens is 4. The highest BCUT2D eigenvalue weighted by molar-refractivity contribution is 14.0. The minimum Gasteiger partial charge on any atom is -0.367 e. The third-order valence-electron chi connectivity index (χ3n) is 4.59. The molecule has 1 aliphatic heterocycles. The lowest BCUT2D eigenvalue weighted by Gasteiger charge is -2.16. The Morgan fingerprint density at radius 2 is 1.80 bits per heavy atom. The van der Waals surface area contributed by atoms with E-state index in [9.17, 15) is 13.2 Å². The van der Waals surface area contributed by atoms with Crippen molar-refractivity contribution in [2.45, 2.75) is 51.7 Å². The van der Waals surface area contributed by atoms with E-state index in [0.717, 1.165) is 43.0 Å². The topological polar surface area (TPSA) is 76.4 Å². The molecule has 2 aromatic rings. The van der Waals surface area contributed by atoms with Crippen LogP contribution in [0.1, 0.15) is 35.6 Å². The number of fused-ring (bicyclic) bond motifs is 1. The first kappa shape index (κ1) is 24.4. The molecule has 2 N–H and O–H groups in total. The molecule has 0 aliphatic carbocycles. The average molecular weight is 538 g/mol. The largest absolute Gasteiger partial charge is 0.411 e. The summed E-state index contributed by atoms with van der Waals surface area (Å²) in [5.74, 6) is 2.57. The van der Waals surface area contributed by atoms with Gasteiger partial charge in [0.15, 0.2) is 11.8 Å². The number of hydrogen-bond donors (Lipinski definition) is 2. The van der Waals surface area contributed by atoms with E-state index in [2.05, 4.69) is 35.1 Å². The monoisotopic (exact) mass is 538 g/mol. The molecule has 1 aliphatic rings. The molecule has 0 unspecified atom stereocenters. The zero-order chi connectivity index (χ0) is 20.7. The molecule has 30 heavy (non-hydrogen) atoms. The number of alkyl halides is 3. The molecule has 7 nitrogen and oxygen atoms in total. The van der Waals surface area contributed by atoms with Gasteiger partial charge in [-0.25, -0.2) is 0 Å². The van der Waals surface area contributed by atoms with E-state index in [1.807, 2.05) is 12.1 Å². The van der Waals surface area contributed by atoms with Gasteiger partial charge < -0.3 is 19.9 Å². The van der Waals surface area contributed by atoms with Crippen LogP contribution in [0.3, 0.4) is 0 Å². The van der Waals surface area contributed by atoms with E-state index in [4.69, 9.17) is 0 Å². The average Bonchev–Trinajstić information content (AvgIpc) is 3.11. The summed E-state index contributed by atoms with van der Waals surface area (Å²) >= 11 is 0. The number of hydrogen-bond acceptors (Lipinski definition) is 4. The molecule has 0 saturated heterocycles. The number of rotatable bonds is 7. The molecule has 0 bridgehead atoms. The predicted octanol–water partition coefficient (Wildman–Crippen LogP) is 3.18. The highest BCUT2D eigenvalue weighted by Crippen LogP contribution is 2.16. The molecule has 0 atom stereocenters. The van der Waals surface area contributed by atoms with Crippen molar-refractivity contribution in [1.82, 2.24) is 25.4 Å². The van der Waals surface area contributed by atoms with E-state index >= 15 is 0 Å². The van der Waals surface area contributed by atoms with Crippen LogP contribution in [0.5, 0.6) is 0 Å². The number of benzene rings is 1. The fourth-order valence-corrected chi connectivity index (χ4v) is 3.11. The second kappa shape index (κ2) is 11.5. The summed E-state index contributed by atoms with van der Waals surface area (Å²) in [6, 6.07) is 7.21. The number of aryl methyl sites for hydroxylation is 1. The van der Waals surface area contributed by atoms with Crippen LogP contribution in [0.4, 0.5) is 13.2 Å². The Labute approximate surface area is 190 Å². The standard InChI is InChI=1S/C19H25F3N6O.HI/c1-23-18(25-11-17-27-26-16-4-2-3-9-28(16)17)24-10-14-5-7-15(8-6-14)12-29-13-19(20,21)22;/h5-8H,2-4,9-13H2,1H3,(H2,23,24,25);1H. The van der Waals surface area contributed by atoms with Gasteiger partial charge in [0.25, 0.3) is 0 Å². The Bertz CT molecular complexity index is 823. The first-order chi connectivity index (χ1) is 13.9. The SMILES string of the molecule is CN=C(NCc1ccc(COCC(F)(F)F)cc1)NCc1nnc2n1CCCC2.I. The lowest BCUT2D eigenvalue weighted by Crippen LogP contribution is -2.37. The summed E-state index contributed by atoms with van der Waals surface area (Å²) in [4.78, 5) is 4.21. The second-order valence-corrected chi connectivity index (χ2v) is 6.84. The molecule has 3 rings (SSSR count). The molecular formula is C19H26F3IN6O. The van der Waals surface area contributed by atoms with Crippen LogP contribution < -0.4 is 10.6 Å². The van der Waals surface area contributed by atoms with Gasteiger partial charge in [-0.15, -0.1) is 34.2 Å². The van der Waals surface area contributed by atoms with Gasteiger partial charge in [0, 0.05) is 26.6 Å². The van der Waals surface area contributed by atoms with Gasteiger partial charge in [-0.1, -0.05) is 24.3 Å². The molecule has 0 fully saturated rings. The van der Waals surface area contributed by atoms with Gasteiger partial charge >= 0.3 is 6.18 Å². The van der Waals surface area contributed by atoms with E-state index < -0.39 is 12.8 Å². The molecule has 11 heteroatoms. The van der Waals surface area contributed by atoms with E-state index in [0.29, 0.717) is 24.6 Å². The molecule has 2 heterocycles. The third kappa shape index (κ3) is 7.42. The van der Waals surface area contributed by atoms with Crippen molar-refractivity contribution < 1.29 is 17.9 Å². The van der Waals surface area contributed by atoms with Crippen LogP contribution >= 0.6 is 24.0 Å². The zero-order valence-corrected chi connectivity index (χ0v) is 19.0. The molecule has 0 radical (unpaired) electrons. The van der Waals surface area contributed by atoms with Crippen LogP contribution in [0.25, 0.3) is 0 Å². The fourth-order valence-electron chi connectivity index (χ4n) is 3.11. The first-order valence-corrected chi connectivity index (χ1v) is 9.52. The number of nitrogens with zero attached hydrogens (tertiary/aromatic N) is 4. The van der Waals surface area contributed by atoms with Gasteiger partial charge in [-0.05, 0) is 24.0 Å². The van der Waals surface area contributed by atoms with Gasteiger partial charge in [-0.3, -0.25) is 4.99 Å². The summed E-state index contributed by atoms with van der Waals surface area (Å²) in [7, 11) is 1.69. The molecule has 1 aromatic carbocycles. The third-order valence-corrected chi connectivity index (χ3v) is 4.59. The van der Waals surface area contributed by atoms with Crippen molar-refractivity contribution in [3.05, 3.63) is 47.0 Å². The van der Waals surface area contributed by atoms with Gasteiger partial charge in [0.05, 0.1) is 13.2 Å². The quantitative estimate of drug-likeness (QED) is 0.322. The number of guanidine groups is 1. The minimum absolute atomic E-state index is 0. The first-order valence-electron chi connectivity index (χ1n) is 9.52. The maximum absolute atomic E-state index is 12.1. The Hall–Kier alpha value is -1.89. The zero-order valence-electron chi connectivity index (χ0n) is 16.7. The van der Waals surface area contributed by atoms with Crippen molar-refractivity contribution >= 4 is 29.9 Å². The lowest BCUT2D eigenvalue weighted by atomic mass is 10.1. The van der Waals surface area contributed by atoms with Crippen molar-refractivity contribution in [3.63, 3.8) is 0 Å². The van der Waals surface area contributed by atoms with Crippen LogP contribution in [0.2, 0.25) is 0 Å².